The van der Waals surface area contributed by atoms with Gasteiger partial charge in [-0.2, -0.15) is 20.2 Å². The Balaban J connectivity index is 1.92. The van der Waals surface area contributed by atoms with Gasteiger partial charge < -0.3 is 0 Å². The Bertz CT molecular complexity index is 428. The minimum absolute atomic E-state index is 0.0812. The molecule has 0 spiro atoms. The molecule has 0 saturated heterocycles. The summed E-state index contributed by atoms with van der Waals surface area (Å²) in [7, 11) is 0. The number of hydrogen-bond acceptors (Lipinski definition) is 6. The number of carbonyl (C=O) groups excluding carboxylic acids is 2. The number of carbonyl (C=O) groups is 2. The normalized spacial score (nSPS) is 9.75. The lowest BCUT2D eigenvalue weighted by atomic mass is 10.5. The minimum atomic E-state index is -0.895. The topological polar surface area (TPSA) is 141 Å². The number of nitrogens with zero attached hydrogens (tertiary/aromatic N) is 4. The van der Waals surface area contributed by atoms with Crippen molar-refractivity contribution in [2.24, 2.45) is 0 Å². The highest BCUT2D eigenvalue weighted by Crippen LogP contribution is 1.95. The van der Waals surface area contributed by atoms with E-state index < -0.39 is 11.8 Å². The molecule has 0 aliphatic rings. The zero-order valence-corrected chi connectivity index (χ0v) is 7.76. The van der Waals surface area contributed by atoms with E-state index in [4.69, 9.17) is 0 Å². The van der Waals surface area contributed by atoms with Gasteiger partial charge in [0.25, 0.3) is 0 Å². The third-order valence-electron chi connectivity index (χ3n) is 1.50. The summed E-state index contributed by atoms with van der Waals surface area (Å²) in [5.74, 6) is -1.63. The smallest absolute Gasteiger partial charge is 0.287 e. The molecule has 10 heteroatoms. The quantitative estimate of drug-likeness (QED) is 0.455. The van der Waals surface area contributed by atoms with Crippen LogP contribution in [0.15, 0.2) is 12.7 Å². The minimum Gasteiger partial charge on any atom is -0.287 e. The van der Waals surface area contributed by atoms with Gasteiger partial charge in [-0.25, -0.2) is 10.2 Å². The largest absolute Gasteiger partial charge is 0.316 e. The molecule has 10 nitrogen and oxygen atoms in total. The molecular weight excluding hydrogens is 216 g/mol. The first-order valence-electron chi connectivity index (χ1n) is 4.09. The van der Waals surface area contributed by atoms with Gasteiger partial charge in [-0.05, 0) is 0 Å². The first-order valence-corrected chi connectivity index (χ1v) is 4.09. The molecule has 2 aromatic rings. The molecule has 0 fully saturated rings. The van der Waals surface area contributed by atoms with Crippen molar-refractivity contribution in [2.75, 3.05) is 10.6 Å². The van der Waals surface area contributed by atoms with Crippen molar-refractivity contribution in [1.82, 2.24) is 30.4 Å². The van der Waals surface area contributed by atoms with Gasteiger partial charge in [0.05, 0.1) is 0 Å². The molecule has 2 heterocycles. The summed E-state index contributed by atoms with van der Waals surface area (Å²) in [5.41, 5.74) is 0. The van der Waals surface area contributed by atoms with Gasteiger partial charge in [0.15, 0.2) is 0 Å². The number of aromatic amines is 2. The van der Waals surface area contributed by atoms with Gasteiger partial charge in [0, 0.05) is 0 Å². The Kier molecular flexibility index (Phi) is 2.54. The predicted molar refractivity (Wildman–Crippen MR) is 50.0 cm³/mol. The Morgan fingerprint density at radius 2 is 1.38 bits per heavy atom. The van der Waals surface area contributed by atoms with Crippen LogP contribution in [0.25, 0.3) is 0 Å². The van der Waals surface area contributed by atoms with Crippen molar-refractivity contribution in [3.05, 3.63) is 12.7 Å². The maximum atomic E-state index is 11.3. The fourth-order valence-corrected chi connectivity index (χ4v) is 0.860. The van der Waals surface area contributed by atoms with Gasteiger partial charge in [0.1, 0.15) is 12.7 Å². The van der Waals surface area contributed by atoms with E-state index in [1.54, 1.807) is 0 Å². The third kappa shape index (κ3) is 2.17. The van der Waals surface area contributed by atoms with Crippen molar-refractivity contribution >= 4 is 23.7 Å². The Morgan fingerprint density at radius 1 is 0.938 bits per heavy atom. The molecular formula is C6H6N8O2. The molecule has 0 bridgehead atoms. The summed E-state index contributed by atoms with van der Waals surface area (Å²) in [5, 5.41) is 16.1. The SMILES string of the molecule is O=C(Nc1ncn[nH]1)C(=O)Nc1ncn[nH]1. The first kappa shape index (κ1) is 9.76. The average Bonchev–Trinajstić information content (AvgIpc) is 2.90. The molecule has 82 valence electrons. The zero-order valence-electron chi connectivity index (χ0n) is 7.76. The van der Waals surface area contributed by atoms with Gasteiger partial charge >= 0.3 is 11.8 Å². The second-order valence-electron chi connectivity index (χ2n) is 2.58. The molecule has 0 radical (unpaired) electrons. The average molecular weight is 222 g/mol. The van der Waals surface area contributed by atoms with E-state index in [2.05, 4.69) is 41.0 Å². The molecule has 0 aromatic carbocycles. The second-order valence-corrected chi connectivity index (χ2v) is 2.58. The maximum Gasteiger partial charge on any atom is 0.316 e. The number of H-pyrrole nitrogens is 2. The van der Waals surface area contributed by atoms with Crippen LogP contribution in [0.4, 0.5) is 11.9 Å². The van der Waals surface area contributed by atoms with E-state index in [-0.39, 0.29) is 11.9 Å². The fourth-order valence-electron chi connectivity index (χ4n) is 0.860. The van der Waals surface area contributed by atoms with Crippen LogP contribution in [0.2, 0.25) is 0 Å². The monoisotopic (exact) mass is 222 g/mol. The predicted octanol–water partition coefficient (Wildman–Crippen LogP) is -1.50. The van der Waals surface area contributed by atoms with Crippen molar-refractivity contribution in [2.45, 2.75) is 0 Å². The third-order valence-corrected chi connectivity index (χ3v) is 1.50. The number of aromatic nitrogens is 6. The lowest BCUT2D eigenvalue weighted by molar-refractivity contribution is -0.133. The molecule has 0 aliphatic carbocycles. The number of anilines is 2. The van der Waals surface area contributed by atoms with Crippen LogP contribution >= 0.6 is 0 Å². The summed E-state index contributed by atoms with van der Waals surface area (Å²) in [4.78, 5) is 29.8. The van der Waals surface area contributed by atoms with E-state index in [1.807, 2.05) is 0 Å². The van der Waals surface area contributed by atoms with E-state index in [0.29, 0.717) is 0 Å². The summed E-state index contributed by atoms with van der Waals surface area (Å²) >= 11 is 0. The lowest BCUT2D eigenvalue weighted by Crippen LogP contribution is -2.29. The highest BCUT2D eigenvalue weighted by atomic mass is 16.2. The van der Waals surface area contributed by atoms with Crippen LogP contribution in [-0.2, 0) is 9.59 Å². The molecule has 2 rings (SSSR count). The number of amides is 2. The maximum absolute atomic E-state index is 11.3. The molecule has 4 N–H and O–H groups in total. The molecule has 16 heavy (non-hydrogen) atoms. The van der Waals surface area contributed by atoms with Crippen molar-refractivity contribution in [3.63, 3.8) is 0 Å². The zero-order chi connectivity index (χ0) is 11.4. The van der Waals surface area contributed by atoms with Crippen LogP contribution in [0.1, 0.15) is 0 Å². The summed E-state index contributed by atoms with van der Waals surface area (Å²) in [6.07, 6.45) is 2.40. The van der Waals surface area contributed by atoms with E-state index >= 15 is 0 Å². The van der Waals surface area contributed by atoms with Crippen molar-refractivity contribution in [3.8, 4) is 0 Å². The van der Waals surface area contributed by atoms with Crippen LogP contribution in [0, 0.1) is 0 Å². The fraction of sp³-hybridized carbons (Fsp3) is 0. The number of hydrogen-bond donors (Lipinski definition) is 4. The van der Waals surface area contributed by atoms with Crippen molar-refractivity contribution in [1.29, 1.82) is 0 Å². The molecule has 2 amide bonds. The van der Waals surface area contributed by atoms with Gasteiger partial charge in [-0.3, -0.25) is 20.2 Å². The van der Waals surface area contributed by atoms with Crippen LogP contribution < -0.4 is 10.6 Å². The second kappa shape index (κ2) is 4.16. The first-order chi connectivity index (χ1) is 7.75. The van der Waals surface area contributed by atoms with Crippen LogP contribution in [0.5, 0.6) is 0 Å². The van der Waals surface area contributed by atoms with E-state index in [0.717, 1.165) is 0 Å². The van der Waals surface area contributed by atoms with Crippen LogP contribution in [0.3, 0.4) is 0 Å². The van der Waals surface area contributed by atoms with E-state index in [1.165, 1.54) is 12.7 Å². The number of rotatable bonds is 2. The molecule has 0 aliphatic heterocycles. The molecule has 0 saturated carbocycles. The summed E-state index contributed by atoms with van der Waals surface area (Å²) < 4.78 is 0. The highest BCUT2D eigenvalue weighted by Gasteiger charge is 2.15. The molecule has 0 unspecified atom stereocenters. The molecule has 0 atom stereocenters. The van der Waals surface area contributed by atoms with Gasteiger partial charge in [-0.15, -0.1) is 0 Å². The standard InChI is InChI=1S/C6H6N8O2/c15-3(11-5-7-1-9-13-5)4(16)12-6-8-2-10-14-6/h1-2H,(H2,7,9,11,13,15)(H2,8,10,12,14,16). The van der Waals surface area contributed by atoms with Crippen LogP contribution in [-0.4, -0.2) is 42.2 Å². The van der Waals surface area contributed by atoms with Crippen molar-refractivity contribution < 1.29 is 9.59 Å². The highest BCUT2D eigenvalue weighted by molar-refractivity contribution is 6.43. The molecule has 2 aromatic heterocycles. The van der Waals surface area contributed by atoms with E-state index in [9.17, 15) is 9.59 Å². The Labute approximate surface area is 87.9 Å². The summed E-state index contributed by atoms with van der Waals surface area (Å²) in [6.45, 7) is 0. The van der Waals surface area contributed by atoms with Gasteiger partial charge in [0.2, 0.25) is 11.9 Å². The number of nitrogens with one attached hydrogen (secondary N) is 4. The Morgan fingerprint density at radius 3 is 1.69 bits per heavy atom. The lowest BCUT2D eigenvalue weighted by Gasteiger charge is -2.00. The Hall–Kier alpha value is -2.78. The summed E-state index contributed by atoms with van der Waals surface area (Å²) in [6, 6.07) is 0. The van der Waals surface area contributed by atoms with Gasteiger partial charge in [-0.1, -0.05) is 0 Å².